The van der Waals surface area contributed by atoms with E-state index in [0.29, 0.717) is 0 Å². The first kappa shape index (κ1) is 19.7. The zero-order valence-electron chi connectivity index (χ0n) is 16.3. The van der Waals surface area contributed by atoms with Crippen LogP contribution >= 0.6 is 0 Å². The normalized spacial score (nSPS) is 12.0. The first-order chi connectivity index (χ1) is 12.1. The van der Waals surface area contributed by atoms with Gasteiger partial charge in [0.15, 0.2) is 0 Å². The number of benzene rings is 2. The Morgan fingerprint density at radius 1 is 0.680 bits per heavy atom. The van der Waals surface area contributed by atoms with Crippen LogP contribution in [0, 0.1) is 0 Å². The highest BCUT2D eigenvalue weighted by molar-refractivity contribution is 6.89. The second-order valence-electron chi connectivity index (χ2n) is 7.77. The van der Waals surface area contributed by atoms with Crippen LogP contribution in [0.25, 0.3) is 12.2 Å². The van der Waals surface area contributed by atoms with Crippen molar-refractivity contribution < 1.29 is 0 Å². The molecule has 0 aliphatic carbocycles. The van der Waals surface area contributed by atoms with Crippen LogP contribution in [0.5, 0.6) is 0 Å². The van der Waals surface area contributed by atoms with Gasteiger partial charge in [-0.15, -0.1) is 0 Å². The molecular formula is C24H34Si. The molecule has 0 heterocycles. The summed E-state index contributed by atoms with van der Waals surface area (Å²) >= 11 is 0. The van der Waals surface area contributed by atoms with Gasteiger partial charge in [0.1, 0.15) is 0 Å². The van der Waals surface area contributed by atoms with Crippen LogP contribution in [0.15, 0.2) is 54.6 Å². The van der Waals surface area contributed by atoms with Gasteiger partial charge in [0.2, 0.25) is 0 Å². The van der Waals surface area contributed by atoms with Crippen LogP contribution in [-0.4, -0.2) is 8.07 Å². The molecule has 2 aromatic carbocycles. The topological polar surface area (TPSA) is 0 Å². The lowest BCUT2D eigenvalue weighted by Gasteiger charge is -2.23. The van der Waals surface area contributed by atoms with E-state index in [9.17, 15) is 0 Å². The van der Waals surface area contributed by atoms with Crippen molar-refractivity contribution in [2.75, 3.05) is 0 Å². The molecule has 0 aromatic heterocycles. The molecule has 0 spiro atoms. The largest absolute Gasteiger partial charge is 0.0806 e. The van der Waals surface area contributed by atoms with Crippen molar-refractivity contribution in [3.8, 4) is 0 Å². The third-order valence-corrected chi connectivity index (χ3v) is 8.62. The standard InChI is InChI=1S/C24H34Si/c1-4-5-6-7-8-12-21-25(2,3)24-19-17-23(18-20-24)16-15-22-13-10-9-11-14-22/h9-11,13-20H,4-8,12,21H2,1-3H3/b16-15+. The minimum atomic E-state index is -1.28. The fourth-order valence-electron chi connectivity index (χ4n) is 3.29. The Bertz CT molecular complexity index is 623. The maximum absolute atomic E-state index is 2.52. The van der Waals surface area contributed by atoms with Gasteiger partial charge in [-0.1, -0.05) is 137 Å². The van der Waals surface area contributed by atoms with E-state index in [2.05, 4.69) is 86.8 Å². The lowest BCUT2D eigenvalue weighted by molar-refractivity contribution is 0.623. The van der Waals surface area contributed by atoms with Gasteiger partial charge in [0.25, 0.3) is 0 Å². The lowest BCUT2D eigenvalue weighted by Crippen LogP contribution is -2.40. The summed E-state index contributed by atoms with van der Waals surface area (Å²) in [5.41, 5.74) is 2.54. The average Bonchev–Trinajstić information content (AvgIpc) is 2.64. The second kappa shape index (κ2) is 10.4. The molecule has 25 heavy (non-hydrogen) atoms. The number of hydrogen-bond acceptors (Lipinski definition) is 0. The van der Waals surface area contributed by atoms with Crippen LogP contribution in [-0.2, 0) is 0 Å². The highest BCUT2D eigenvalue weighted by Gasteiger charge is 2.22. The predicted octanol–water partition coefficient (Wildman–Crippen LogP) is 7.13. The highest BCUT2D eigenvalue weighted by Crippen LogP contribution is 2.17. The summed E-state index contributed by atoms with van der Waals surface area (Å²) in [6, 6.07) is 21.2. The Morgan fingerprint density at radius 2 is 1.24 bits per heavy atom. The lowest BCUT2D eigenvalue weighted by atomic mass is 10.1. The molecule has 0 bridgehead atoms. The number of unbranched alkanes of at least 4 members (excludes halogenated alkanes) is 5. The van der Waals surface area contributed by atoms with Crippen molar-refractivity contribution in [1.82, 2.24) is 0 Å². The summed E-state index contributed by atoms with van der Waals surface area (Å²) in [6.45, 7) is 7.33. The summed E-state index contributed by atoms with van der Waals surface area (Å²) in [7, 11) is -1.28. The minimum absolute atomic E-state index is 1.25. The molecule has 2 aromatic rings. The zero-order chi connectivity index (χ0) is 18.0. The molecule has 0 unspecified atom stereocenters. The minimum Gasteiger partial charge on any atom is -0.0654 e. The summed E-state index contributed by atoms with van der Waals surface area (Å²) < 4.78 is 0. The second-order valence-corrected chi connectivity index (χ2v) is 12.6. The SMILES string of the molecule is CCCCCCCC[Si](C)(C)c1ccc(/C=C/c2ccccc2)cc1. The Morgan fingerprint density at radius 3 is 1.88 bits per heavy atom. The Kier molecular flexibility index (Phi) is 8.20. The van der Waals surface area contributed by atoms with Crippen LogP contribution in [0.4, 0.5) is 0 Å². The predicted molar refractivity (Wildman–Crippen MR) is 117 cm³/mol. The van der Waals surface area contributed by atoms with Crippen LogP contribution in [0.1, 0.15) is 56.6 Å². The van der Waals surface area contributed by atoms with Gasteiger partial charge < -0.3 is 0 Å². The van der Waals surface area contributed by atoms with Crippen molar-refractivity contribution in [3.05, 3.63) is 65.7 Å². The third kappa shape index (κ3) is 7.03. The van der Waals surface area contributed by atoms with E-state index in [1.54, 1.807) is 5.19 Å². The van der Waals surface area contributed by atoms with Crippen molar-refractivity contribution in [2.45, 2.75) is 64.6 Å². The molecule has 0 radical (unpaired) electrons. The van der Waals surface area contributed by atoms with E-state index in [-0.39, 0.29) is 0 Å². The van der Waals surface area contributed by atoms with Crippen molar-refractivity contribution in [1.29, 1.82) is 0 Å². The van der Waals surface area contributed by atoms with Crippen LogP contribution in [0.2, 0.25) is 19.1 Å². The van der Waals surface area contributed by atoms with Gasteiger partial charge in [-0.3, -0.25) is 0 Å². The molecule has 0 amide bonds. The molecule has 0 aliphatic heterocycles. The summed E-state index contributed by atoms with van der Waals surface area (Å²) in [4.78, 5) is 0. The molecule has 0 nitrogen and oxygen atoms in total. The molecule has 0 fully saturated rings. The maximum atomic E-state index is 2.52. The van der Waals surface area contributed by atoms with E-state index in [1.165, 1.54) is 55.7 Å². The van der Waals surface area contributed by atoms with Crippen LogP contribution < -0.4 is 5.19 Å². The quantitative estimate of drug-likeness (QED) is 0.243. The highest BCUT2D eigenvalue weighted by atomic mass is 28.3. The Balaban J connectivity index is 1.86. The van der Waals surface area contributed by atoms with Gasteiger partial charge in [0.05, 0.1) is 8.07 Å². The molecule has 0 aliphatic rings. The first-order valence-corrected chi connectivity index (χ1v) is 13.2. The molecule has 0 saturated carbocycles. The molecule has 0 atom stereocenters. The van der Waals surface area contributed by atoms with Gasteiger partial charge in [-0.05, 0) is 11.1 Å². The molecule has 0 saturated heterocycles. The van der Waals surface area contributed by atoms with E-state index >= 15 is 0 Å². The van der Waals surface area contributed by atoms with E-state index in [1.807, 2.05) is 0 Å². The summed E-state index contributed by atoms with van der Waals surface area (Å²) in [5, 5.41) is 1.60. The molecule has 0 N–H and O–H groups in total. The van der Waals surface area contributed by atoms with E-state index in [0.717, 1.165) is 0 Å². The summed E-state index contributed by atoms with van der Waals surface area (Å²) in [5.74, 6) is 0. The van der Waals surface area contributed by atoms with E-state index < -0.39 is 8.07 Å². The number of hydrogen-bond donors (Lipinski definition) is 0. The van der Waals surface area contributed by atoms with Gasteiger partial charge in [-0.2, -0.15) is 0 Å². The zero-order valence-corrected chi connectivity index (χ0v) is 17.3. The van der Waals surface area contributed by atoms with E-state index in [4.69, 9.17) is 0 Å². The number of rotatable bonds is 10. The van der Waals surface area contributed by atoms with Gasteiger partial charge in [-0.25, -0.2) is 0 Å². The van der Waals surface area contributed by atoms with Crippen molar-refractivity contribution in [3.63, 3.8) is 0 Å². The first-order valence-electron chi connectivity index (χ1n) is 9.95. The Labute approximate surface area is 156 Å². The summed E-state index contributed by atoms with van der Waals surface area (Å²) in [6.07, 6.45) is 12.8. The van der Waals surface area contributed by atoms with Gasteiger partial charge in [0, 0.05) is 0 Å². The molecular weight excluding hydrogens is 316 g/mol. The molecule has 134 valence electrons. The maximum Gasteiger partial charge on any atom is 0.0806 e. The molecule has 1 heteroatoms. The fraction of sp³-hybridized carbons (Fsp3) is 0.417. The van der Waals surface area contributed by atoms with Crippen molar-refractivity contribution >= 4 is 25.4 Å². The van der Waals surface area contributed by atoms with Gasteiger partial charge >= 0.3 is 0 Å². The Hall–Kier alpha value is -1.60. The van der Waals surface area contributed by atoms with Crippen molar-refractivity contribution in [2.24, 2.45) is 0 Å². The smallest absolute Gasteiger partial charge is 0.0654 e. The molecule has 2 rings (SSSR count). The monoisotopic (exact) mass is 350 g/mol. The van der Waals surface area contributed by atoms with Crippen LogP contribution in [0.3, 0.4) is 0 Å². The third-order valence-electron chi connectivity index (χ3n) is 5.12. The average molecular weight is 351 g/mol. The fourth-order valence-corrected chi connectivity index (χ4v) is 5.79.